The average molecular weight is 245 g/mol. The van der Waals surface area contributed by atoms with Gasteiger partial charge in [0.2, 0.25) is 5.88 Å². The third kappa shape index (κ3) is 2.54. The minimum absolute atomic E-state index is 0.614. The molecule has 0 amide bonds. The first kappa shape index (κ1) is 12.6. The highest BCUT2D eigenvalue weighted by Crippen LogP contribution is 2.28. The van der Waals surface area contributed by atoms with E-state index in [4.69, 9.17) is 10.5 Å². The van der Waals surface area contributed by atoms with Crippen LogP contribution in [0.3, 0.4) is 0 Å². The second kappa shape index (κ2) is 5.69. The predicted molar refractivity (Wildman–Crippen MR) is 72.5 cm³/mol. The molecular weight excluding hydrogens is 226 g/mol. The summed E-state index contributed by atoms with van der Waals surface area (Å²) in [4.78, 5) is 0. The summed E-state index contributed by atoms with van der Waals surface area (Å²) in [6.07, 6.45) is 0.844. The van der Waals surface area contributed by atoms with Gasteiger partial charge in [-0.25, -0.2) is 0 Å². The normalized spacial score (nSPS) is 10.6. The molecule has 0 saturated carbocycles. The van der Waals surface area contributed by atoms with Crippen LogP contribution in [0.2, 0.25) is 0 Å². The molecule has 0 atom stereocenters. The molecule has 0 bridgehead atoms. The molecule has 4 nitrogen and oxygen atoms in total. The molecule has 0 aliphatic carbocycles. The number of rotatable bonds is 5. The molecule has 1 aromatic heterocycles. The molecule has 0 spiro atoms. The summed E-state index contributed by atoms with van der Waals surface area (Å²) in [5.41, 5.74) is 8.77. The van der Waals surface area contributed by atoms with Crippen LogP contribution in [0.1, 0.15) is 12.0 Å². The van der Waals surface area contributed by atoms with E-state index in [1.54, 1.807) is 0 Å². The molecule has 4 heteroatoms. The Morgan fingerprint density at radius 2 is 2.00 bits per heavy atom. The van der Waals surface area contributed by atoms with Crippen LogP contribution < -0.4 is 10.5 Å². The van der Waals surface area contributed by atoms with Gasteiger partial charge in [0.1, 0.15) is 0 Å². The Labute approximate surface area is 107 Å². The zero-order valence-corrected chi connectivity index (χ0v) is 10.9. The van der Waals surface area contributed by atoms with Crippen molar-refractivity contribution in [1.29, 1.82) is 0 Å². The van der Waals surface area contributed by atoms with Crippen LogP contribution in [0.25, 0.3) is 11.3 Å². The Hall–Kier alpha value is -1.81. The Morgan fingerprint density at radius 3 is 2.67 bits per heavy atom. The molecule has 96 valence electrons. The summed E-state index contributed by atoms with van der Waals surface area (Å²) in [5, 5.41) is 4.41. The second-order valence-corrected chi connectivity index (χ2v) is 4.26. The van der Waals surface area contributed by atoms with Crippen LogP contribution in [0.5, 0.6) is 5.88 Å². The first-order valence-electron chi connectivity index (χ1n) is 6.16. The van der Waals surface area contributed by atoms with Crippen molar-refractivity contribution in [2.45, 2.75) is 13.3 Å². The molecule has 18 heavy (non-hydrogen) atoms. The lowest BCUT2D eigenvalue weighted by atomic mass is 10.1. The molecule has 0 radical (unpaired) electrons. The smallest absolute Gasteiger partial charge is 0.236 e. The van der Waals surface area contributed by atoms with Gasteiger partial charge in [-0.15, -0.1) is 5.10 Å². The number of nitrogens with zero attached hydrogens (tertiary/aromatic N) is 2. The van der Waals surface area contributed by atoms with Crippen molar-refractivity contribution in [2.75, 3.05) is 13.2 Å². The maximum atomic E-state index is 5.65. The Balaban J connectivity index is 2.27. The van der Waals surface area contributed by atoms with Gasteiger partial charge in [0.25, 0.3) is 0 Å². The van der Waals surface area contributed by atoms with Crippen LogP contribution >= 0.6 is 0 Å². The quantitative estimate of drug-likeness (QED) is 0.821. The maximum Gasteiger partial charge on any atom is 0.236 e. The van der Waals surface area contributed by atoms with Gasteiger partial charge in [0.05, 0.1) is 12.3 Å². The summed E-state index contributed by atoms with van der Waals surface area (Å²) in [7, 11) is 1.94. The monoisotopic (exact) mass is 245 g/mol. The topological polar surface area (TPSA) is 53.1 Å². The van der Waals surface area contributed by atoms with Crippen molar-refractivity contribution in [3.63, 3.8) is 0 Å². The Morgan fingerprint density at radius 1 is 1.28 bits per heavy atom. The van der Waals surface area contributed by atoms with E-state index in [1.165, 1.54) is 0 Å². The first-order chi connectivity index (χ1) is 8.74. The van der Waals surface area contributed by atoms with Gasteiger partial charge in [-0.05, 0) is 19.9 Å². The van der Waals surface area contributed by atoms with Gasteiger partial charge >= 0.3 is 0 Å². The number of ether oxygens (including phenoxy) is 1. The highest BCUT2D eigenvalue weighted by molar-refractivity contribution is 5.65. The average Bonchev–Trinajstić information content (AvgIpc) is 2.66. The largest absolute Gasteiger partial charge is 0.476 e. The molecule has 0 aliphatic rings. The fourth-order valence-electron chi connectivity index (χ4n) is 1.99. The Kier molecular flexibility index (Phi) is 3.99. The summed E-state index contributed by atoms with van der Waals surface area (Å²) in [6.45, 7) is 3.28. The number of aromatic nitrogens is 2. The van der Waals surface area contributed by atoms with Crippen LogP contribution in [-0.4, -0.2) is 22.9 Å². The number of hydrogen-bond donors (Lipinski definition) is 1. The predicted octanol–water partition coefficient (Wildman–Crippen LogP) is 2.12. The van der Waals surface area contributed by atoms with Gasteiger partial charge in [0, 0.05) is 18.2 Å². The standard InChI is InChI=1S/C14H19N3O/c1-11-13(12-7-4-3-5-8-12)17(2)16-14(11)18-10-6-9-15/h3-5,7-8H,6,9-10,15H2,1-2H3. The zero-order chi connectivity index (χ0) is 13.0. The molecular formula is C14H19N3O. The second-order valence-electron chi connectivity index (χ2n) is 4.26. The summed E-state index contributed by atoms with van der Waals surface area (Å²) in [5.74, 6) is 0.699. The Bertz CT molecular complexity index is 505. The third-order valence-corrected chi connectivity index (χ3v) is 2.87. The lowest BCUT2D eigenvalue weighted by Gasteiger charge is -2.03. The minimum atomic E-state index is 0.614. The van der Waals surface area contributed by atoms with Gasteiger partial charge in [-0.3, -0.25) is 4.68 Å². The first-order valence-corrected chi connectivity index (χ1v) is 6.16. The van der Waals surface area contributed by atoms with Crippen molar-refractivity contribution >= 4 is 0 Å². The fourth-order valence-corrected chi connectivity index (χ4v) is 1.99. The summed E-state index contributed by atoms with van der Waals surface area (Å²) in [6, 6.07) is 10.2. The minimum Gasteiger partial charge on any atom is -0.476 e. The van der Waals surface area contributed by atoms with E-state index in [9.17, 15) is 0 Å². The molecule has 0 fully saturated rings. The van der Waals surface area contributed by atoms with Crippen LogP contribution in [0.4, 0.5) is 0 Å². The van der Waals surface area contributed by atoms with Crippen molar-refractivity contribution in [1.82, 2.24) is 9.78 Å². The summed E-state index contributed by atoms with van der Waals surface area (Å²) >= 11 is 0. The van der Waals surface area contributed by atoms with Crippen molar-refractivity contribution in [3.05, 3.63) is 35.9 Å². The molecule has 0 unspecified atom stereocenters. The highest BCUT2D eigenvalue weighted by Gasteiger charge is 2.14. The molecule has 1 aromatic carbocycles. The van der Waals surface area contributed by atoms with Crippen LogP contribution in [0.15, 0.2) is 30.3 Å². The number of benzene rings is 1. The fraction of sp³-hybridized carbons (Fsp3) is 0.357. The van der Waals surface area contributed by atoms with E-state index in [2.05, 4.69) is 17.2 Å². The molecule has 2 aromatic rings. The number of hydrogen-bond acceptors (Lipinski definition) is 3. The SMILES string of the molecule is Cc1c(OCCCN)nn(C)c1-c1ccccc1. The van der Waals surface area contributed by atoms with Crippen LogP contribution in [0, 0.1) is 6.92 Å². The van der Waals surface area contributed by atoms with E-state index in [1.807, 2.05) is 36.9 Å². The van der Waals surface area contributed by atoms with E-state index in [-0.39, 0.29) is 0 Å². The molecule has 0 saturated heterocycles. The molecule has 2 N–H and O–H groups in total. The van der Waals surface area contributed by atoms with E-state index >= 15 is 0 Å². The molecule has 1 heterocycles. The number of nitrogens with two attached hydrogens (primary N) is 1. The van der Waals surface area contributed by atoms with Gasteiger partial charge in [0.15, 0.2) is 0 Å². The van der Waals surface area contributed by atoms with Crippen molar-refractivity contribution < 1.29 is 4.74 Å². The van der Waals surface area contributed by atoms with Gasteiger partial charge < -0.3 is 10.5 Å². The summed E-state index contributed by atoms with van der Waals surface area (Å²) < 4.78 is 7.51. The van der Waals surface area contributed by atoms with Crippen LogP contribution in [-0.2, 0) is 7.05 Å². The van der Waals surface area contributed by atoms with Gasteiger partial charge in [-0.2, -0.15) is 0 Å². The van der Waals surface area contributed by atoms with Crippen molar-refractivity contribution in [2.24, 2.45) is 12.8 Å². The lowest BCUT2D eigenvalue weighted by molar-refractivity contribution is 0.297. The van der Waals surface area contributed by atoms with E-state index in [0.717, 1.165) is 23.2 Å². The van der Waals surface area contributed by atoms with E-state index in [0.29, 0.717) is 19.0 Å². The lowest BCUT2D eigenvalue weighted by Crippen LogP contribution is -2.06. The van der Waals surface area contributed by atoms with Gasteiger partial charge in [-0.1, -0.05) is 30.3 Å². The third-order valence-electron chi connectivity index (χ3n) is 2.87. The zero-order valence-electron chi connectivity index (χ0n) is 10.9. The molecule has 0 aliphatic heterocycles. The number of aryl methyl sites for hydroxylation is 1. The maximum absolute atomic E-state index is 5.65. The highest BCUT2D eigenvalue weighted by atomic mass is 16.5. The van der Waals surface area contributed by atoms with Crippen molar-refractivity contribution in [3.8, 4) is 17.1 Å². The molecule has 2 rings (SSSR count). The van der Waals surface area contributed by atoms with E-state index < -0.39 is 0 Å².